The van der Waals surface area contributed by atoms with Gasteiger partial charge in [0.25, 0.3) is 0 Å². The molecule has 1 heterocycles. The third-order valence-electron chi connectivity index (χ3n) is 1.23. The van der Waals surface area contributed by atoms with Crippen LogP contribution in [0.25, 0.3) is 0 Å². The lowest BCUT2D eigenvalue weighted by atomic mass is 10.2. The average Bonchev–Trinajstić information content (AvgIpc) is 2.48. The molecule has 11 heavy (non-hydrogen) atoms. The van der Waals surface area contributed by atoms with Crippen LogP contribution in [-0.4, -0.2) is 0 Å². The molecule has 2 heteroatoms. The summed E-state index contributed by atoms with van der Waals surface area (Å²) in [6, 6.07) is 3.98. The molecule has 1 nitrogen and oxygen atoms in total. The predicted molar refractivity (Wildman–Crippen MR) is 46.2 cm³/mol. The van der Waals surface area contributed by atoms with Gasteiger partial charge in [-0.05, 0) is 23.9 Å². The second-order valence-electron chi connectivity index (χ2n) is 2.03. The van der Waals surface area contributed by atoms with Crippen LogP contribution in [0.1, 0.15) is 17.4 Å². The lowest BCUT2D eigenvalue weighted by molar-refractivity contribution is 1.35. The minimum absolute atomic E-state index is 0.759. The molecule has 54 valence electrons. The standard InChI is InChI=1S/C9H7NS/c1-2-3-4-8-5-9(6-10)11-7-8/h5,7H,4H2,1H3. The van der Waals surface area contributed by atoms with Gasteiger partial charge in [-0.25, -0.2) is 0 Å². The first kappa shape index (κ1) is 7.85. The van der Waals surface area contributed by atoms with Crippen LogP contribution in [0, 0.1) is 23.2 Å². The Morgan fingerprint density at radius 3 is 3.00 bits per heavy atom. The first-order valence-electron chi connectivity index (χ1n) is 3.24. The van der Waals surface area contributed by atoms with Gasteiger partial charge in [-0.2, -0.15) is 5.26 Å². The van der Waals surface area contributed by atoms with E-state index in [1.165, 1.54) is 11.3 Å². The Balaban J connectivity index is 2.72. The van der Waals surface area contributed by atoms with E-state index < -0.39 is 0 Å². The maximum atomic E-state index is 8.50. The van der Waals surface area contributed by atoms with Crippen LogP contribution in [0.5, 0.6) is 0 Å². The van der Waals surface area contributed by atoms with E-state index in [9.17, 15) is 0 Å². The lowest BCUT2D eigenvalue weighted by Crippen LogP contribution is -1.73. The van der Waals surface area contributed by atoms with Gasteiger partial charge < -0.3 is 0 Å². The first-order chi connectivity index (χ1) is 5.36. The van der Waals surface area contributed by atoms with Crippen LogP contribution in [0.4, 0.5) is 0 Å². The summed E-state index contributed by atoms with van der Waals surface area (Å²) in [5.41, 5.74) is 1.14. The van der Waals surface area contributed by atoms with Gasteiger partial charge in [0.05, 0.1) is 0 Å². The molecule has 0 N–H and O–H groups in total. The topological polar surface area (TPSA) is 23.8 Å². The molecule has 0 aliphatic heterocycles. The van der Waals surface area contributed by atoms with Gasteiger partial charge in [-0.1, -0.05) is 5.92 Å². The highest BCUT2D eigenvalue weighted by atomic mass is 32.1. The van der Waals surface area contributed by atoms with Gasteiger partial charge in [0.1, 0.15) is 10.9 Å². The molecule has 1 rings (SSSR count). The van der Waals surface area contributed by atoms with Gasteiger partial charge in [0, 0.05) is 6.42 Å². The molecular weight excluding hydrogens is 154 g/mol. The summed E-state index contributed by atoms with van der Waals surface area (Å²) in [4.78, 5) is 0.762. The number of hydrogen-bond donors (Lipinski definition) is 0. The number of thiophene rings is 1. The third kappa shape index (κ3) is 2.11. The van der Waals surface area contributed by atoms with E-state index in [0.29, 0.717) is 0 Å². The summed E-state index contributed by atoms with van der Waals surface area (Å²) in [6.45, 7) is 1.82. The van der Waals surface area contributed by atoms with E-state index in [0.717, 1.165) is 16.9 Å². The van der Waals surface area contributed by atoms with E-state index in [-0.39, 0.29) is 0 Å². The molecule has 0 spiro atoms. The SMILES string of the molecule is CC#CCc1csc(C#N)c1. The summed E-state index contributed by atoms with van der Waals surface area (Å²) in [7, 11) is 0. The van der Waals surface area contributed by atoms with E-state index in [1.807, 2.05) is 18.4 Å². The van der Waals surface area contributed by atoms with Gasteiger partial charge in [0.15, 0.2) is 0 Å². The van der Waals surface area contributed by atoms with Crippen molar-refractivity contribution in [1.29, 1.82) is 5.26 Å². The fourth-order valence-corrected chi connectivity index (χ4v) is 1.42. The molecule has 0 aromatic carbocycles. The third-order valence-corrected chi connectivity index (χ3v) is 2.12. The zero-order valence-electron chi connectivity index (χ0n) is 6.22. The Kier molecular flexibility index (Phi) is 2.72. The summed E-state index contributed by atoms with van der Waals surface area (Å²) in [5.74, 6) is 5.76. The van der Waals surface area contributed by atoms with Crippen LogP contribution < -0.4 is 0 Å². The fraction of sp³-hybridized carbons (Fsp3) is 0.222. The molecule has 0 aliphatic rings. The van der Waals surface area contributed by atoms with E-state index >= 15 is 0 Å². The minimum atomic E-state index is 0.759. The Morgan fingerprint density at radius 1 is 1.64 bits per heavy atom. The van der Waals surface area contributed by atoms with Crippen molar-refractivity contribution in [3.63, 3.8) is 0 Å². The second-order valence-corrected chi connectivity index (χ2v) is 2.95. The molecule has 0 radical (unpaired) electrons. The number of hydrogen-bond acceptors (Lipinski definition) is 2. The summed E-state index contributed by atoms with van der Waals surface area (Å²) < 4.78 is 0. The monoisotopic (exact) mass is 161 g/mol. The van der Waals surface area contributed by atoms with Crippen molar-refractivity contribution in [2.75, 3.05) is 0 Å². The highest BCUT2D eigenvalue weighted by Gasteiger charge is 1.95. The van der Waals surface area contributed by atoms with Crippen molar-refractivity contribution in [2.45, 2.75) is 13.3 Å². The van der Waals surface area contributed by atoms with Crippen molar-refractivity contribution in [1.82, 2.24) is 0 Å². The Hall–Kier alpha value is -1.25. The predicted octanol–water partition coefficient (Wildman–Crippen LogP) is 2.19. The molecular formula is C9H7NS. The van der Waals surface area contributed by atoms with Crippen molar-refractivity contribution in [3.8, 4) is 17.9 Å². The van der Waals surface area contributed by atoms with Crippen LogP contribution >= 0.6 is 11.3 Å². The van der Waals surface area contributed by atoms with Crippen LogP contribution in [0.15, 0.2) is 11.4 Å². The summed E-state index contributed by atoms with van der Waals surface area (Å²) >= 11 is 1.47. The largest absolute Gasteiger partial charge is 0.192 e. The first-order valence-corrected chi connectivity index (χ1v) is 4.12. The second kappa shape index (κ2) is 3.81. The maximum absolute atomic E-state index is 8.50. The molecule has 0 fully saturated rings. The number of nitrogens with zero attached hydrogens (tertiary/aromatic N) is 1. The normalized spacial score (nSPS) is 8.00. The molecule has 0 atom stereocenters. The molecule has 0 saturated carbocycles. The van der Waals surface area contributed by atoms with E-state index in [1.54, 1.807) is 0 Å². The van der Waals surface area contributed by atoms with Gasteiger partial charge in [0.2, 0.25) is 0 Å². The maximum Gasteiger partial charge on any atom is 0.110 e. The minimum Gasteiger partial charge on any atom is -0.192 e. The van der Waals surface area contributed by atoms with Crippen molar-refractivity contribution in [2.24, 2.45) is 0 Å². The highest BCUT2D eigenvalue weighted by Crippen LogP contribution is 2.13. The molecule has 0 aliphatic carbocycles. The van der Waals surface area contributed by atoms with Crippen molar-refractivity contribution in [3.05, 3.63) is 21.9 Å². The van der Waals surface area contributed by atoms with Crippen molar-refractivity contribution < 1.29 is 0 Å². The molecule has 0 saturated heterocycles. The Labute approximate surface area is 70.3 Å². The summed E-state index contributed by atoms with van der Waals surface area (Å²) in [6.07, 6.45) is 0.759. The molecule has 0 bridgehead atoms. The van der Waals surface area contributed by atoms with Gasteiger partial charge in [-0.15, -0.1) is 17.3 Å². The molecule has 0 amide bonds. The summed E-state index contributed by atoms with van der Waals surface area (Å²) in [5, 5.41) is 10.5. The Bertz CT molecular complexity index is 332. The zero-order valence-corrected chi connectivity index (χ0v) is 7.03. The highest BCUT2D eigenvalue weighted by molar-refractivity contribution is 7.10. The average molecular weight is 161 g/mol. The van der Waals surface area contributed by atoms with Crippen LogP contribution in [0.3, 0.4) is 0 Å². The number of rotatable bonds is 1. The van der Waals surface area contributed by atoms with Gasteiger partial charge >= 0.3 is 0 Å². The Morgan fingerprint density at radius 2 is 2.45 bits per heavy atom. The smallest absolute Gasteiger partial charge is 0.110 e. The molecule has 1 aromatic heterocycles. The molecule has 1 aromatic rings. The van der Waals surface area contributed by atoms with E-state index in [2.05, 4.69) is 17.9 Å². The number of nitriles is 1. The zero-order chi connectivity index (χ0) is 8.10. The van der Waals surface area contributed by atoms with Crippen LogP contribution in [0.2, 0.25) is 0 Å². The molecule has 0 unspecified atom stereocenters. The van der Waals surface area contributed by atoms with Gasteiger partial charge in [-0.3, -0.25) is 0 Å². The lowest BCUT2D eigenvalue weighted by Gasteiger charge is -1.80. The quantitative estimate of drug-likeness (QED) is 0.579. The van der Waals surface area contributed by atoms with Crippen molar-refractivity contribution >= 4 is 11.3 Å². The van der Waals surface area contributed by atoms with Crippen LogP contribution in [-0.2, 0) is 6.42 Å². The fourth-order valence-electron chi connectivity index (χ4n) is 0.717. The van der Waals surface area contributed by atoms with E-state index in [4.69, 9.17) is 5.26 Å².